The third-order valence-electron chi connectivity index (χ3n) is 4.07. The minimum atomic E-state index is 0. The molecular weight excluding hydrogens is 372 g/mol. The summed E-state index contributed by atoms with van der Waals surface area (Å²) in [5.74, 6) is 2.05. The second-order valence-corrected chi connectivity index (χ2v) is 6.34. The Bertz CT molecular complexity index is 548. The van der Waals surface area contributed by atoms with Crippen LogP contribution in [0.2, 0.25) is 0 Å². The molecule has 0 radical (unpaired) electrons. The van der Waals surface area contributed by atoms with E-state index in [1.54, 1.807) is 6.07 Å². The van der Waals surface area contributed by atoms with Crippen LogP contribution in [0.1, 0.15) is 23.2 Å². The molecule has 22 heavy (non-hydrogen) atoms. The first kappa shape index (κ1) is 17.4. The molecular formula is C15H20BrClN2O3. The number of benzene rings is 1. The largest absolute Gasteiger partial charge is 0.454 e. The maximum absolute atomic E-state index is 12.6. The Morgan fingerprint density at radius 1 is 1.36 bits per heavy atom. The van der Waals surface area contributed by atoms with Crippen molar-refractivity contribution in [2.24, 2.45) is 5.92 Å². The summed E-state index contributed by atoms with van der Waals surface area (Å²) in [6, 6.07) is 3.59. The normalized spacial score (nSPS) is 17.3. The Morgan fingerprint density at radius 3 is 2.77 bits per heavy atom. The average molecular weight is 392 g/mol. The lowest BCUT2D eigenvalue weighted by Gasteiger charge is -2.32. The van der Waals surface area contributed by atoms with Crippen LogP contribution in [0.25, 0.3) is 0 Å². The minimum absolute atomic E-state index is 0. The summed E-state index contributed by atoms with van der Waals surface area (Å²) in [6.45, 7) is 2.87. The number of hydrogen-bond acceptors (Lipinski definition) is 4. The molecule has 0 unspecified atom stereocenters. The number of fused-ring (bicyclic) bond motifs is 1. The van der Waals surface area contributed by atoms with Crippen molar-refractivity contribution in [3.63, 3.8) is 0 Å². The summed E-state index contributed by atoms with van der Waals surface area (Å²) in [6.07, 6.45) is 2.11. The molecule has 1 amide bonds. The van der Waals surface area contributed by atoms with Gasteiger partial charge in [0.05, 0.1) is 4.47 Å². The van der Waals surface area contributed by atoms with Crippen LogP contribution >= 0.6 is 28.3 Å². The van der Waals surface area contributed by atoms with Crippen molar-refractivity contribution in [1.82, 2.24) is 10.2 Å². The molecule has 2 aliphatic rings. The van der Waals surface area contributed by atoms with Gasteiger partial charge in [-0.15, -0.1) is 12.4 Å². The number of piperidine rings is 1. The third-order valence-corrected chi connectivity index (χ3v) is 4.66. The van der Waals surface area contributed by atoms with E-state index in [0.29, 0.717) is 23.0 Å². The molecule has 1 aromatic carbocycles. The summed E-state index contributed by atoms with van der Waals surface area (Å²) < 4.78 is 11.5. The molecule has 1 fully saturated rings. The number of rotatable bonds is 3. The van der Waals surface area contributed by atoms with Gasteiger partial charge in [-0.2, -0.15) is 0 Å². The van der Waals surface area contributed by atoms with E-state index in [0.717, 1.165) is 36.9 Å². The van der Waals surface area contributed by atoms with Crippen LogP contribution in [-0.2, 0) is 0 Å². The number of amides is 1. The maximum atomic E-state index is 12.6. The molecule has 0 saturated carbocycles. The Kier molecular flexibility index (Phi) is 5.94. The van der Waals surface area contributed by atoms with Gasteiger partial charge in [-0.05, 0) is 60.4 Å². The van der Waals surface area contributed by atoms with Gasteiger partial charge in [-0.1, -0.05) is 0 Å². The summed E-state index contributed by atoms with van der Waals surface area (Å²) in [4.78, 5) is 14.5. The van der Waals surface area contributed by atoms with Gasteiger partial charge in [0.15, 0.2) is 11.5 Å². The molecule has 7 heteroatoms. The second kappa shape index (κ2) is 7.53. The van der Waals surface area contributed by atoms with Crippen LogP contribution in [0.3, 0.4) is 0 Å². The smallest absolute Gasteiger partial charge is 0.254 e. The van der Waals surface area contributed by atoms with Gasteiger partial charge in [-0.25, -0.2) is 0 Å². The molecule has 0 aliphatic carbocycles. The topological polar surface area (TPSA) is 50.8 Å². The first-order valence-corrected chi connectivity index (χ1v) is 8.01. The molecule has 2 heterocycles. The van der Waals surface area contributed by atoms with E-state index >= 15 is 0 Å². The van der Waals surface area contributed by atoms with Crippen molar-refractivity contribution >= 4 is 34.2 Å². The number of carbonyl (C=O) groups excluding carboxylic acids is 1. The maximum Gasteiger partial charge on any atom is 0.254 e. The van der Waals surface area contributed by atoms with Gasteiger partial charge >= 0.3 is 0 Å². The number of likely N-dealkylation sites (tertiary alicyclic amines) is 1. The molecule has 0 aromatic heterocycles. The number of ether oxygens (including phenoxy) is 2. The number of carbonyl (C=O) groups is 1. The number of hydrogen-bond donors (Lipinski definition) is 1. The fourth-order valence-electron chi connectivity index (χ4n) is 2.90. The Balaban J connectivity index is 0.00000176. The van der Waals surface area contributed by atoms with Crippen LogP contribution in [0.4, 0.5) is 0 Å². The van der Waals surface area contributed by atoms with Crippen molar-refractivity contribution in [3.05, 3.63) is 22.2 Å². The first-order chi connectivity index (χ1) is 10.2. The lowest BCUT2D eigenvalue weighted by atomic mass is 9.96. The Hall–Kier alpha value is -0.980. The highest BCUT2D eigenvalue weighted by Crippen LogP contribution is 2.40. The highest BCUT2D eigenvalue weighted by molar-refractivity contribution is 9.10. The van der Waals surface area contributed by atoms with Gasteiger partial charge in [0.1, 0.15) is 0 Å². The molecule has 2 aliphatic heterocycles. The minimum Gasteiger partial charge on any atom is -0.454 e. The molecule has 1 aromatic rings. The highest BCUT2D eigenvalue weighted by Gasteiger charge is 2.26. The van der Waals surface area contributed by atoms with Crippen molar-refractivity contribution in [2.45, 2.75) is 12.8 Å². The Labute approximate surface area is 144 Å². The predicted molar refractivity (Wildman–Crippen MR) is 90.1 cm³/mol. The summed E-state index contributed by atoms with van der Waals surface area (Å²) >= 11 is 3.44. The molecule has 0 atom stereocenters. The van der Waals surface area contributed by atoms with E-state index in [-0.39, 0.29) is 25.1 Å². The average Bonchev–Trinajstić information content (AvgIpc) is 2.97. The fraction of sp³-hybridized carbons (Fsp3) is 0.533. The van der Waals surface area contributed by atoms with Crippen LogP contribution in [0.15, 0.2) is 16.6 Å². The molecule has 5 nitrogen and oxygen atoms in total. The van der Waals surface area contributed by atoms with E-state index in [1.165, 1.54) is 0 Å². The van der Waals surface area contributed by atoms with E-state index in [2.05, 4.69) is 21.2 Å². The molecule has 0 bridgehead atoms. The number of nitrogens with one attached hydrogen (secondary N) is 1. The van der Waals surface area contributed by atoms with Crippen molar-refractivity contribution < 1.29 is 14.3 Å². The summed E-state index contributed by atoms with van der Waals surface area (Å²) in [7, 11) is 1.97. The molecule has 0 spiro atoms. The number of halogens is 2. The van der Waals surface area contributed by atoms with E-state index in [1.807, 2.05) is 18.0 Å². The Morgan fingerprint density at radius 2 is 2.09 bits per heavy atom. The molecule has 3 rings (SSSR count). The van der Waals surface area contributed by atoms with Crippen LogP contribution in [0.5, 0.6) is 11.5 Å². The quantitative estimate of drug-likeness (QED) is 0.861. The van der Waals surface area contributed by atoms with E-state index in [9.17, 15) is 4.79 Å². The number of nitrogens with zero attached hydrogens (tertiary/aromatic N) is 1. The molecule has 1 N–H and O–H groups in total. The first-order valence-electron chi connectivity index (χ1n) is 7.22. The van der Waals surface area contributed by atoms with Crippen molar-refractivity contribution in [3.8, 4) is 11.5 Å². The SMILES string of the molecule is CNCC1CCN(C(=O)c2cc(Br)c3c(c2)OCO3)CC1.Cl. The second-order valence-electron chi connectivity index (χ2n) is 5.49. The van der Waals surface area contributed by atoms with Crippen LogP contribution < -0.4 is 14.8 Å². The molecule has 1 saturated heterocycles. The summed E-state index contributed by atoms with van der Waals surface area (Å²) in [5, 5.41) is 3.21. The monoisotopic (exact) mass is 390 g/mol. The van der Waals surface area contributed by atoms with Crippen molar-refractivity contribution in [1.29, 1.82) is 0 Å². The van der Waals surface area contributed by atoms with Gasteiger partial charge in [-0.3, -0.25) is 4.79 Å². The van der Waals surface area contributed by atoms with Gasteiger partial charge in [0.2, 0.25) is 6.79 Å². The third kappa shape index (κ3) is 3.50. The van der Waals surface area contributed by atoms with Crippen LogP contribution in [0, 0.1) is 5.92 Å². The van der Waals surface area contributed by atoms with Gasteiger partial charge < -0.3 is 19.7 Å². The zero-order valence-electron chi connectivity index (χ0n) is 12.4. The predicted octanol–water partition coefficient (Wildman–Crippen LogP) is 2.67. The zero-order valence-corrected chi connectivity index (χ0v) is 14.8. The lowest BCUT2D eigenvalue weighted by molar-refractivity contribution is 0.0690. The van der Waals surface area contributed by atoms with E-state index in [4.69, 9.17) is 9.47 Å². The van der Waals surface area contributed by atoms with Crippen LogP contribution in [-0.4, -0.2) is 44.3 Å². The van der Waals surface area contributed by atoms with E-state index < -0.39 is 0 Å². The standard InChI is InChI=1S/C15H19BrN2O3.ClH/c1-17-8-10-2-4-18(5-3-10)15(19)11-6-12(16)14-13(7-11)20-9-21-14;/h6-7,10,17H,2-5,8-9H2,1H3;1H. The highest BCUT2D eigenvalue weighted by atomic mass is 79.9. The zero-order chi connectivity index (χ0) is 14.8. The summed E-state index contributed by atoms with van der Waals surface area (Å²) in [5.41, 5.74) is 0.651. The van der Waals surface area contributed by atoms with Crippen molar-refractivity contribution in [2.75, 3.05) is 33.5 Å². The molecule has 122 valence electrons. The lowest BCUT2D eigenvalue weighted by Crippen LogP contribution is -2.40. The fourth-order valence-corrected chi connectivity index (χ4v) is 3.46. The van der Waals surface area contributed by atoms with Gasteiger partial charge in [0, 0.05) is 18.7 Å². The van der Waals surface area contributed by atoms with Gasteiger partial charge in [0.25, 0.3) is 5.91 Å².